The summed E-state index contributed by atoms with van der Waals surface area (Å²) >= 11 is 0. The van der Waals surface area contributed by atoms with Crippen LogP contribution in [0.2, 0.25) is 0 Å². The van der Waals surface area contributed by atoms with Crippen LogP contribution in [-0.4, -0.2) is 51.9 Å². The quantitative estimate of drug-likeness (QED) is 0.220. The maximum absolute atomic E-state index is 13.4. The zero-order valence-corrected chi connectivity index (χ0v) is 14.6. The van der Waals surface area contributed by atoms with Gasteiger partial charge in [0.25, 0.3) is 10.1 Å². The van der Waals surface area contributed by atoms with Crippen LogP contribution in [0.15, 0.2) is 0 Å². The number of piperidine rings is 1. The van der Waals surface area contributed by atoms with Crippen LogP contribution < -0.4 is 4.74 Å². The first-order chi connectivity index (χ1) is 12.2. The number of hydrogen-bond donors (Lipinski definition) is 0. The SMILES string of the molecule is O=S(=O)(CCN1CCCCC1)OCCOc1c(F)c(F)c(F)c(F)c1F. The van der Waals surface area contributed by atoms with Crippen molar-refractivity contribution in [3.8, 4) is 5.75 Å². The molecular weight excluding hydrogens is 385 g/mol. The topological polar surface area (TPSA) is 55.8 Å². The van der Waals surface area contributed by atoms with E-state index >= 15 is 0 Å². The van der Waals surface area contributed by atoms with Gasteiger partial charge in [-0.2, -0.15) is 17.2 Å². The van der Waals surface area contributed by atoms with Crippen LogP contribution in [0.3, 0.4) is 0 Å². The van der Waals surface area contributed by atoms with Gasteiger partial charge in [0.05, 0.1) is 5.75 Å². The van der Waals surface area contributed by atoms with Crippen LogP contribution >= 0.6 is 0 Å². The molecule has 1 aromatic carbocycles. The second-order valence-electron chi connectivity index (χ2n) is 5.73. The smallest absolute Gasteiger partial charge is 0.268 e. The van der Waals surface area contributed by atoms with Gasteiger partial charge in [0.1, 0.15) is 13.2 Å². The summed E-state index contributed by atoms with van der Waals surface area (Å²) < 4.78 is 98.3. The maximum atomic E-state index is 13.4. The first-order valence-electron chi connectivity index (χ1n) is 7.96. The van der Waals surface area contributed by atoms with E-state index in [4.69, 9.17) is 0 Å². The summed E-state index contributed by atoms with van der Waals surface area (Å²) in [5, 5.41) is 0. The van der Waals surface area contributed by atoms with Crippen molar-refractivity contribution in [1.29, 1.82) is 0 Å². The lowest BCUT2D eigenvalue weighted by Gasteiger charge is -2.25. The van der Waals surface area contributed by atoms with Crippen molar-refractivity contribution >= 4 is 10.1 Å². The van der Waals surface area contributed by atoms with Gasteiger partial charge in [0, 0.05) is 6.54 Å². The van der Waals surface area contributed by atoms with Gasteiger partial charge in [-0.15, -0.1) is 0 Å². The van der Waals surface area contributed by atoms with Crippen molar-refractivity contribution in [1.82, 2.24) is 4.90 Å². The molecule has 26 heavy (non-hydrogen) atoms. The minimum Gasteiger partial charge on any atom is -0.485 e. The van der Waals surface area contributed by atoms with Crippen molar-refractivity contribution in [2.45, 2.75) is 19.3 Å². The Kier molecular flexibility index (Phi) is 7.18. The number of rotatable bonds is 8. The van der Waals surface area contributed by atoms with Crippen LogP contribution in [0.25, 0.3) is 0 Å². The van der Waals surface area contributed by atoms with Crippen molar-refractivity contribution < 1.29 is 39.3 Å². The largest absolute Gasteiger partial charge is 0.485 e. The van der Waals surface area contributed by atoms with Crippen LogP contribution in [0.1, 0.15) is 19.3 Å². The van der Waals surface area contributed by atoms with Crippen LogP contribution in [0, 0.1) is 29.1 Å². The minimum atomic E-state index is -3.90. The first kappa shape index (κ1) is 20.8. The fraction of sp³-hybridized carbons (Fsp3) is 0.600. The Morgan fingerprint density at radius 1 is 0.808 bits per heavy atom. The minimum absolute atomic E-state index is 0.268. The summed E-state index contributed by atoms with van der Waals surface area (Å²) in [5.41, 5.74) is 0. The van der Waals surface area contributed by atoms with Gasteiger partial charge in [-0.1, -0.05) is 6.42 Å². The highest BCUT2D eigenvalue weighted by Gasteiger charge is 2.27. The van der Waals surface area contributed by atoms with Crippen molar-refractivity contribution in [3.05, 3.63) is 29.1 Å². The lowest BCUT2D eigenvalue weighted by molar-refractivity contribution is 0.199. The van der Waals surface area contributed by atoms with E-state index in [1.54, 1.807) is 0 Å². The molecular formula is C15H18F5NO4S. The van der Waals surface area contributed by atoms with Crippen molar-refractivity contribution in [2.24, 2.45) is 0 Å². The molecule has 1 fully saturated rings. The Labute approximate surface area is 147 Å². The third kappa shape index (κ3) is 5.27. The summed E-state index contributed by atoms with van der Waals surface area (Å²) in [7, 11) is -3.90. The highest BCUT2D eigenvalue weighted by atomic mass is 32.2. The van der Waals surface area contributed by atoms with Gasteiger partial charge in [0.2, 0.25) is 29.1 Å². The van der Waals surface area contributed by atoms with Crippen molar-refractivity contribution in [3.63, 3.8) is 0 Å². The molecule has 1 aromatic rings. The maximum Gasteiger partial charge on any atom is 0.268 e. The lowest BCUT2D eigenvalue weighted by atomic mass is 10.1. The van der Waals surface area contributed by atoms with Crippen LogP contribution in [0.5, 0.6) is 5.75 Å². The van der Waals surface area contributed by atoms with Gasteiger partial charge >= 0.3 is 0 Å². The van der Waals surface area contributed by atoms with Crippen LogP contribution in [-0.2, 0) is 14.3 Å². The fourth-order valence-electron chi connectivity index (χ4n) is 2.50. The van der Waals surface area contributed by atoms with Gasteiger partial charge in [0.15, 0.2) is 5.75 Å². The summed E-state index contributed by atoms with van der Waals surface area (Å²) in [6, 6.07) is 0. The second-order valence-corrected chi connectivity index (χ2v) is 7.49. The van der Waals surface area contributed by atoms with Gasteiger partial charge in [-0.05, 0) is 25.9 Å². The average Bonchev–Trinajstić information content (AvgIpc) is 2.63. The van der Waals surface area contributed by atoms with E-state index in [1.165, 1.54) is 0 Å². The fourth-order valence-corrected chi connectivity index (χ4v) is 3.42. The molecule has 0 aromatic heterocycles. The van der Waals surface area contributed by atoms with Gasteiger partial charge in [-0.25, -0.2) is 13.2 Å². The molecule has 1 heterocycles. The predicted octanol–water partition coefficient (Wildman–Crippen LogP) is 2.59. The standard InChI is InChI=1S/C15H18F5NO4S/c16-10-11(17)13(19)15(14(20)12(10)18)24-7-8-25-26(22,23)9-6-21-4-2-1-3-5-21/h1-9H2. The Morgan fingerprint density at radius 2 is 1.35 bits per heavy atom. The summed E-state index contributed by atoms with van der Waals surface area (Å²) in [6.45, 7) is 0.571. The highest BCUT2D eigenvalue weighted by Crippen LogP contribution is 2.28. The van der Waals surface area contributed by atoms with Crippen molar-refractivity contribution in [2.75, 3.05) is 38.6 Å². The molecule has 11 heteroatoms. The first-order valence-corrected chi connectivity index (χ1v) is 9.54. The Morgan fingerprint density at radius 3 is 1.92 bits per heavy atom. The molecule has 0 saturated carbocycles. The molecule has 1 saturated heterocycles. The molecule has 0 unspecified atom stereocenters. The Balaban J connectivity index is 1.83. The monoisotopic (exact) mass is 403 g/mol. The molecule has 0 N–H and O–H groups in total. The third-order valence-electron chi connectivity index (χ3n) is 3.87. The Hall–Kier alpha value is -1.46. The molecule has 0 bridgehead atoms. The van der Waals surface area contributed by atoms with E-state index in [0.717, 1.165) is 32.4 Å². The summed E-state index contributed by atoms with van der Waals surface area (Å²) in [4.78, 5) is 1.98. The van der Waals surface area contributed by atoms with E-state index in [1.807, 2.05) is 4.90 Å². The highest BCUT2D eigenvalue weighted by molar-refractivity contribution is 7.86. The zero-order chi connectivity index (χ0) is 19.3. The van der Waals surface area contributed by atoms with E-state index in [2.05, 4.69) is 8.92 Å². The average molecular weight is 403 g/mol. The summed E-state index contributed by atoms with van der Waals surface area (Å²) in [6.07, 6.45) is 3.10. The molecule has 0 spiro atoms. The van der Waals surface area contributed by atoms with Gasteiger partial charge in [-0.3, -0.25) is 4.18 Å². The number of benzene rings is 1. The molecule has 148 valence electrons. The zero-order valence-electron chi connectivity index (χ0n) is 13.7. The molecule has 0 radical (unpaired) electrons. The Bertz CT molecular complexity index is 709. The number of likely N-dealkylation sites (tertiary alicyclic amines) is 1. The van der Waals surface area contributed by atoms with E-state index in [9.17, 15) is 30.4 Å². The third-order valence-corrected chi connectivity index (χ3v) is 5.08. The molecule has 1 aliphatic rings. The number of nitrogens with zero attached hydrogens (tertiary/aromatic N) is 1. The number of hydrogen-bond acceptors (Lipinski definition) is 5. The van der Waals surface area contributed by atoms with Gasteiger partial charge < -0.3 is 9.64 Å². The molecule has 0 aliphatic carbocycles. The lowest BCUT2D eigenvalue weighted by Crippen LogP contribution is -2.34. The van der Waals surface area contributed by atoms with Crippen LogP contribution in [0.4, 0.5) is 22.0 Å². The molecule has 5 nitrogen and oxygen atoms in total. The normalized spacial score (nSPS) is 16.0. The second kappa shape index (κ2) is 8.96. The molecule has 2 rings (SSSR count). The molecule has 0 atom stereocenters. The molecule has 1 aliphatic heterocycles. The summed E-state index contributed by atoms with van der Waals surface area (Å²) in [5.74, 6) is -12.6. The van der Waals surface area contributed by atoms with E-state index < -0.39 is 58.2 Å². The van der Waals surface area contributed by atoms with E-state index in [-0.39, 0.29) is 5.75 Å². The van der Waals surface area contributed by atoms with E-state index in [0.29, 0.717) is 6.54 Å². The predicted molar refractivity (Wildman–Crippen MR) is 81.8 cm³/mol. The number of halogens is 5. The molecule has 0 amide bonds. The number of ether oxygens (including phenoxy) is 1.